The molecule has 2 aliphatic heterocycles. The van der Waals surface area contributed by atoms with Crippen molar-refractivity contribution < 1.29 is 17.9 Å². The van der Waals surface area contributed by atoms with Gasteiger partial charge in [0.2, 0.25) is 10.0 Å². The van der Waals surface area contributed by atoms with Crippen molar-refractivity contribution in [1.29, 1.82) is 0 Å². The van der Waals surface area contributed by atoms with Crippen LogP contribution in [0.1, 0.15) is 18.5 Å². The number of nitrogens with zero attached hydrogens (tertiary/aromatic N) is 3. The summed E-state index contributed by atoms with van der Waals surface area (Å²) in [4.78, 5) is 18.5. The minimum Gasteiger partial charge on any atom is -0.363 e. The highest BCUT2D eigenvalue weighted by atomic mass is 32.2. The number of carbonyl (C=O) groups excluding carboxylic acids is 1. The topological polar surface area (TPSA) is 79.8 Å². The van der Waals surface area contributed by atoms with Gasteiger partial charge in [0.15, 0.2) is 0 Å². The fourth-order valence-electron chi connectivity index (χ4n) is 3.42. The van der Waals surface area contributed by atoms with Gasteiger partial charge < -0.3 is 9.64 Å². The second kappa shape index (κ2) is 6.78. The van der Waals surface area contributed by atoms with Gasteiger partial charge >= 0.3 is 0 Å². The second-order valence-corrected chi connectivity index (χ2v) is 8.57. The lowest BCUT2D eigenvalue weighted by Crippen LogP contribution is -2.45. The number of hydrogen-bond donors (Lipinski definition) is 0. The molecule has 1 amide bonds. The van der Waals surface area contributed by atoms with Gasteiger partial charge in [-0.2, -0.15) is 4.31 Å². The molecule has 0 bridgehead atoms. The maximum absolute atomic E-state index is 12.6. The van der Waals surface area contributed by atoms with E-state index in [-0.39, 0.29) is 17.9 Å². The van der Waals surface area contributed by atoms with E-state index >= 15 is 0 Å². The molecule has 24 heavy (non-hydrogen) atoms. The van der Waals surface area contributed by atoms with Crippen LogP contribution < -0.4 is 0 Å². The Morgan fingerprint density at radius 2 is 2.25 bits per heavy atom. The van der Waals surface area contributed by atoms with Crippen LogP contribution >= 0.6 is 0 Å². The molecule has 2 aliphatic rings. The lowest BCUT2D eigenvalue weighted by molar-refractivity contribution is -0.142. The van der Waals surface area contributed by atoms with Gasteiger partial charge in [0.05, 0.1) is 24.6 Å². The third-order valence-corrected chi connectivity index (χ3v) is 6.03. The number of carbonyl (C=O) groups is 1. The maximum Gasteiger partial charge on any atom is 0.251 e. The number of hydrogen-bond acceptors (Lipinski definition) is 5. The molecular weight excluding hydrogens is 330 g/mol. The fourth-order valence-corrected chi connectivity index (χ4v) is 4.28. The van der Waals surface area contributed by atoms with Gasteiger partial charge in [-0.05, 0) is 30.9 Å². The van der Waals surface area contributed by atoms with Crippen LogP contribution in [-0.2, 0) is 26.1 Å². The number of rotatable bonds is 4. The summed E-state index contributed by atoms with van der Waals surface area (Å²) in [5.74, 6) is 0.182. The predicted molar refractivity (Wildman–Crippen MR) is 88.5 cm³/mol. The highest BCUT2D eigenvalue weighted by molar-refractivity contribution is 7.88. The summed E-state index contributed by atoms with van der Waals surface area (Å²) >= 11 is 0. The first-order chi connectivity index (χ1) is 11.3. The van der Waals surface area contributed by atoms with E-state index in [2.05, 4.69) is 4.98 Å². The van der Waals surface area contributed by atoms with Crippen molar-refractivity contribution in [3.05, 3.63) is 30.1 Å². The minimum absolute atomic E-state index is 0.0686. The molecule has 3 heterocycles. The Morgan fingerprint density at radius 1 is 1.46 bits per heavy atom. The van der Waals surface area contributed by atoms with Crippen molar-refractivity contribution in [1.82, 2.24) is 14.2 Å². The summed E-state index contributed by atoms with van der Waals surface area (Å²) in [6.45, 7) is 1.29. The molecule has 0 N–H and O–H groups in total. The van der Waals surface area contributed by atoms with Gasteiger partial charge in [0, 0.05) is 26.3 Å². The van der Waals surface area contributed by atoms with Crippen molar-refractivity contribution in [2.45, 2.75) is 31.6 Å². The highest BCUT2D eigenvalue weighted by Gasteiger charge is 2.44. The number of amides is 1. The fraction of sp³-hybridized carbons (Fsp3) is 0.625. The first-order valence-electron chi connectivity index (χ1n) is 8.10. The molecule has 3 rings (SSSR count). The first kappa shape index (κ1) is 17.3. The second-order valence-electron chi connectivity index (χ2n) is 6.58. The predicted octanol–water partition coefficient (Wildman–Crippen LogP) is 0.479. The van der Waals surface area contributed by atoms with E-state index in [9.17, 15) is 13.2 Å². The van der Waals surface area contributed by atoms with E-state index in [0.29, 0.717) is 26.1 Å². The smallest absolute Gasteiger partial charge is 0.251 e. The van der Waals surface area contributed by atoms with Gasteiger partial charge in [0.25, 0.3) is 5.91 Å². The molecule has 0 radical (unpaired) electrons. The molecule has 0 aromatic carbocycles. The summed E-state index contributed by atoms with van der Waals surface area (Å²) in [5.41, 5.74) is 0.826. The van der Waals surface area contributed by atoms with E-state index < -0.39 is 16.1 Å². The van der Waals surface area contributed by atoms with Crippen molar-refractivity contribution >= 4 is 15.9 Å². The summed E-state index contributed by atoms with van der Waals surface area (Å²) in [6, 6.07) is 5.60. The molecule has 2 saturated heterocycles. The van der Waals surface area contributed by atoms with Crippen LogP contribution in [0.5, 0.6) is 0 Å². The Morgan fingerprint density at radius 3 is 2.92 bits per heavy atom. The van der Waals surface area contributed by atoms with Gasteiger partial charge in [-0.25, -0.2) is 8.42 Å². The summed E-state index contributed by atoms with van der Waals surface area (Å²) < 4.78 is 30.7. The molecule has 0 unspecified atom stereocenters. The summed E-state index contributed by atoms with van der Waals surface area (Å²) in [5, 5.41) is 0. The SMILES string of the molecule is CN(Cc1ccccn1)C(=O)[C@@H]1C[C@@H]2CCN(S(C)(=O)=O)C[C@H]2O1. The lowest BCUT2D eigenvalue weighted by atomic mass is 9.92. The van der Waals surface area contributed by atoms with E-state index in [1.54, 1.807) is 18.1 Å². The number of fused-ring (bicyclic) bond motifs is 1. The average Bonchev–Trinajstić information content (AvgIpc) is 2.97. The van der Waals surface area contributed by atoms with E-state index in [0.717, 1.165) is 12.1 Å². The molecular formula is C16H23N3O4S. The monoisotopic (exact) mass is 353 g/mol. The van der Waals surface area contributed by atoms with Gasteiger partial charge in [-0.3, -0.25) is 9.78 Å². The largest absolute Gasteiger partial charge is 0.363 e. The van der Waals surface area contributed by atoms with Crippen LogP contribution in [0.4, 0.5) is 0 Å². The molecule has 8 heteroatoms. The Balaban J connectivity index is 1.60. The molecule has 132 valence electrons. The molecule has 1 aromatic rings. The van der Waals surface area contributed by atoms with Crippen LogP contribution in [0.2, 0.25) is 0 Å². The zero-order valence-electron chi connectivity index (χ0n) is 14.0. The first-order valence-corrected chi connectivity index (χ1v) is 9.95. The highest BCUT2D eigenvalue weighted by Crippen LogP contribution is 2.34. The van der Waals surface area contributed by atoms with Crippen molar-refractivity contribution in [3.63, 3.8) is 0 Å². The quantitative estimate of drug-likeness (QED) is 0.787. The molecule has 2 fully saturated rings. The molecule has 0 aliphatic carbocycles. The van der Waals surface area contributed by atoms with Gasteiger partial charge in [-0.15, -0.1) is 0 Å². The number of ether oxygens (including phenoxy) is 1. The van der Waals surface area contributed by atoms with Crippen LogP contribution in [0.3, 0.4) is 0 Å². The Kier molecular flexibility index (Phi) is 4.89. The van der Waals surface area contributed by atoms with Gasteiger partial charge in [-0.1, -0.05) is 6.07 Å². The third kappa shape index (κ3) is 3.76. The standard InChI is InChI=1S/C16H23N3O4S/c1-18(10-13-5-3-4-7-17-13)16(20)14-9-12-6-8-19(24(2,21)22)11-15(12)23-14/h3-5,7,12,14-15H,6,8-11H2,1-2H3/t12-,14-,15+/m0/s1. The lowest BCUT2D eigenvalue weighted by Gasteiger charge is -2.32. The average molecular weight is 353 g/mol. The van der Waals surface area contributed by atoms with E-state index in [1.165, 1.54) is 10.6 Å². The van der Waals surface area contributed by atoms with Crippen LogP contribution in [0.15, 0.2) is 24.4 Å². The number of piperidine rings is 1. The minimum atomic E-state index is -3.21. The van der Waals surface area contributed by atoms with Crippen LogP contribution in [0.25, 0.3) is 0 Å². The summed E-state index contributed by atoms with van der Waals surface area (Å²) in [6.07, 6.45) is 3.64. The Hall–Kier alpha value is -1.51. The molecule has 3 atom stereocenters. The normalized spacial score (nSPS) is 27.7. The van der Waals surface area contributed by atoms with Crippen molar-refractivity contribution in [2.75, 3.05) is 26.4 Å². The Labute approximate surface area is 142 Å². The van der Waals surface area contributed by atoms with Gasteiger partial charge in [0.1, 0.15) is 6.10 Å². The molecule has 7 nitrogen and oxygen atoms in total. The van der Waals surface area contributed by atoms with E-state index in [1.807, 2.05) is 18.2 Å². The zero-order valence-corrected chi connectivity index (χ0v) is 14.8. The number of aromatic nitrogens is 1. The Bertz CT molecular complexity index is 695. The number of pyridine rings is 1. The number of sulfonamides is 1. The molecule has 0 saturated carbocycles. The van der Waals surface area contributed by atoms with Crippen molar-refractivity contribution in [3.8, 4) is 0 Å². The van der Waals surface area contributed by atoms with Crippen molar-refractivity contribution in [2.24, 2.45) is 5.92 Å². The summed E-state index contributed by atoms with van der Waals surface area (Å²) in [7, 11) is -1.47. The zero-order chi connectivity index (χ0) is 17.3. The maximum atomic E-state index is 12.6. The molecule has 0 spiro atoms. The van der Waals surface area contributed by atoms with E-state index in [4.69, 9.17) is 4.74 Å². The molecule has 1 aromatic heterocycles. The third-order valence-electron chi connectivity index (χ3n) is 4.76. The number of likely N-dealkylation sites (N-methyl/N-ethyl adjacent to an activating group) is 1. The van der Waals surface area contributed by atoms with Crippen LogP contribution in [0, 0.1) is 5.92 Å². The van der Waals surface area contributed by atoms with Crippen LogP contribution in [-0.4, -0.2) is 67.1 Å².